The summed E-state index contributed by atoms with van der Waals surface area (Å²) in [7, 11) is 0. The van der Waals surface area contributed by atoms with E-state index in [4.69, 9.17) is 9.47 Å². The molecule has 26 heavy (non-hydrogen) atoms. The zero-order chi connectivity index (χ0) is 18.1. The van der Waals surface area contributed by atoms with Crippen LogP contribution in [0.15, 0.2) is 24.3 Å². The molecule has 4 nitrogen and oxygen atoms in total. The lowest BCUT2D eigenvalue weighted by molar-refractivity contribution is -0.931. The van der Waals surface area contributed by atoms with Gasteiger partial charge in [0.15, 0.2) is 0 Å². The van der Waals surface area contributed by atoms with Crippen LogP contribution in [0.4, 0.5) is 0 Å². The number of benzene rings is 1. The molecular weight excluding hydrogens is 350 g/mol. The number of carbonyl (C=O) groups is 1. The van der Waals surface area contributed by atoms with Gasteiger partial charge in [-0.1, -0.05) is 20.3 Å². The molecule has 1 aliphatic rings. The van der Waals surface area contributed by atoms with Gasteiger partial charge in [-0.15, -0.1) is 0 Å². The first-order valence-electron chi connectivity index (χ1n) is 9.84. The van der Waals surface area contributed by atoms with Gasteiger partial charge >= 0.3 is 5.97 Å². The Hall–Kier alpha value is -1.26. The average molecular weight is 384 g/mol. The van der Waals surface area contributed by atoms with Gasteiger partial charge < -0.3 is 26.8 Å². The molecule has 0 aliphatic carbocycles. The lowest BCUT2D eigenvalue weighted by Crippen LogP contribution is -3.16. The molecule has 0 aromatic heterocycles. The SMILES string of the molecule is CCCCOc1ccc(C(=O)OCCC(C)[NH+]2CCCC(C)C2)cc1.[Cl-]. The smallest absolute Gasteiger partial charge is 0.338 e. The van der Waals surface area contributed by atoms with Crippen molar-refractivity contribution in [3.8, 4) is 5.75 Å². The molecule has 5 heteroatoms. The average Bonchev–Trinajstić information content (AvgIpc) is 2.62. The Morgan fingerprint density at radius 3 is 2.65 bits per heavy atom. The Morgan fingerprint density at radius 1 is 1.27 bits per heavy atom. The Labute approximate surface area is 164 Å². The van der Waals surface area contributed by atoms with E-state index in [0.29, 0.717) is 18.2 Å². The van der Waals surface area contributed by atoms with Gasteiger partial charge in [0.2, 0.25) is 0 Å². The van der Waals surface area contributed by atoms with Crippen molar-refractivity contribution in [3.05, 3.63) is 29.8 Å². The normalized spacial score (nSPS) is 20.7. The van der Waals surface area contributed by atoms with Crippen LogP contribution < -0.4 is 22.0 Å². The molecule has 0 radical (unpaired) electrons. The molecule has 1 heterocycles. The summed E-state index contributed by atoms with van der Waals surface area (Å²) in [4.78, 5) is 13.8. The van der Waals surface area contributed by atoms with Crippen molar-refractivity contribution in [2.45, 2.75) is 58.9 Å². The Bertz CT molecular complexity index is 520. The van der Waals surface area contributed by atoms with Gasteiger partial charge in [-0.05, 0) is 50.5 Å². The van der Waals surface area contributed by atoms with Crippen molar-refractivity contribution >= 4 is 5.97 Å². The predicted molar refractivity (Wildman–Crippen MR) is 100 cm³/mol. The lowest BCUT2D eigenvalue weighted by Gasteiger charge is -2.32. The van der Waals surface area contributed by atoms with E-state index in [0.717, 1.165) is 37.5 Å². The summed E-state index contributed by atoms with van der Waals surface area (Å²) in [6.07, 6.45) is 5.74. The lowest BCUT2D eigenvalue weighted by atomic mass is 9.98. The van der Waals surface area contributed by atoms with Crippen molar-refractivity contribution in [1.29, 1.82) is 0 Å². The summed E-state index contributed by atoms with van der Waals surface area (Å²) >= 11 is 0. The molecule has 1 saturated heterocycles. The zero-order valence-electron chi connectivity index (χ0n) is 16.4. The topological polar surface area (TPSA) is 40.0 Å². The maximum atomic E-state index is 12.2. The van der Waals surface area contributed by atoms with Crippen LogP contribution in [0.2, 0.25) is 0 Å². The second kappa shape index (κ2) is 12.2. The van der Waals surface area contributed by atoms with Gasteiger partial charge in [0.05, 0.1) is 37.9 Å². The number of unbranched alkanes of at least 4 members (excludes halogenated alkanes) is 1. The summed E-state index contributed by atoms with van der Waals surface area (Å²) in [5.74, 6) is 1.38. The van der Waals surface area contributed by atoms with Gasteiger partial charge in [-0.2, -0.15) is 0 Å². The molecule has 1 aromatic carbocycles. The summed E-state index contributed by atoms with van der Waals surface area (Å²) in [6.45, 7) is 10.4. The predicted octanol–water partition coefficient (Wildman–Crippen LogP) is 0.120. The fourth-order valence-corrected chi connectivity index (χ4v) is 3.41. The Morgan fingerprint density at radius 2 is 2.00 bits per heavy atom. The van der Waals surface area contributed by atoms with Gasteiger partial charge in [0.25, 0.3) is 0 Å². The number of hydrogen-bond donors (Lipinski definition) is 1. The molecule has 1 fully saturated rings. The van der Waals surface area contributed by atoms with Crippen LogP contribution in [-0.4, -0.2) is 38.3 Å². The maximum absolute atomic E-state index is 12.2. The molecule has 1 N–H and O–H groups in total. The molecule has 0 spiro atoms. The Balaban J connectivity index is 0.00000338. The van der Waals surface area contributed by atoms with Crippen LogP contribution >= 0.6 is 0 Å². The van der Waals surface area contributed by atoms with Crippen LogP contribution in [0.1, 0.15) is 63.2 Å². The van der Waals surface area contributed by atoms with Crippen molar-refractivity contribution < 1.29 is 31.6 Å². The van der Waals surface area contributed by atoms with Crippen molar-refractivity contribution in [2.24, 2.45) is 5.92 Å². The summed E-state index contributed by atoms with van der Waals surface area (Å²) in [5, 5.41) is 0. The standard InChI is InChI=1S/C21H33NO3.ClH/c1-4-5-14-24-20-10-8-19(9-11-20)21(23)25-15-12-18(3)22-13-6-7-17(2)16-22;/h8-11,17-18H,4-7,12-16H2,1-3H3;1H. The minimum Gasteiger partial charge on any atom is -1.00 e. The summed E-state index contributed by atoms with van der Waals surface area (Å²) < 4.78 is 11.1. The van der Waals surface area contributed by atoms with Crippen LogP contribution in [0, 0.1) is 5.92 Å². The number of hydrogen-bond acceptors (Lipinski definition) is 3. The highest BCUT2D eigenvalue weighted by molar-refractivity contribution is 5.89. The van der Waals surface area contributed by atoms with Crippen LogP contribution in [0.5, 0.6) is 5.75 Å². The maximum Gasteiger partial charge on any atom is 0.338 e. The zero-order valence-corrected chi connectivity index (χ0v) is 17.2. The van der Waals surface area contributed by atoms with Crippen LogP contribution in [0.3, 0.4) is 0 Å². The van der Waals surface area contributed by atoms with E-state index in [9.17, 15) is 4.79 Å². The molecule has 2 rings (SSSR count). The summed E-state index contributed by atoms with van der Waals surface area (Å²) in [6, 6.07) is 7.79. The molecule has 148 valence electrons. The molecular formula is C21H34ClNO3. The second-order valence-electron chi connectivity index (χ2n) is 7.41. The van der Waals surface area contributed by atoms with Crippen LogP contribution in [-0.2, 0) is 4.74 Å². The first-order valence-corrected chi connectivity index (χ1v) is 9.84. The molecule has 0 saturated carbocycles. The van der Waals surface area contributed by atoms with E-state index < -0.39 is 0 Å². The molecule has 3 atom stereocenters. The van der Waals surface area contributed by atoms with Gasteiger partial charge in [-0.3, -0.25) is 0 Å². The molecule has 1 aromatic rings. The highest BCUT2D eigenvalue weighted by Crippen LogP contribution is 2.13. The Kier molecular flexibility index (Phi) is 10.7. The fraction of sp³-hybridized carbons (Fsp3) is 0.667. The van der Waals surface area contributed by atoms with Gasteiger partial charge in [-0.25, -0.2) is 4.79 Å². The van der Waals surface area contributed by atoms with Crippen LogP contribution in [0.25, 0.3) is 0 Å². The number of nitrogens with one attached hydrogen (secondary N) is 1. The largest absolute Gasteiger partial charge is 1.00 e. The van der Waals surface area contributed by atoms with Crippen molar-refractivity contribution in [2.75, 3.05) is 26.3 Å². The minimum atomic E-state index is -0.241. The highest BCUT2D eigenvalue weighted by Gasteiger charge is 2.24. The third-order valence-electron chi connectivity index (χ3n) is 5.14. The van der Waals surface area contributed by atoms with E-state index in [1.54, 1.807) is 17.0 Å². The summed E-state index contributed by atoms with van der Waals surface area (Å²) in [5.41, 5.74) is 0.592. The van der Waals surface area contributed by atoms with E-state index in [2.05, 4.69) is 20.8 Å². The first-order chi connectivity index (χ1) is 12.1. The molecule has 0 amide bonds. The number of ether oxygens (including phenoxy) is 2. The highest BCUT2D eigenvalue weighted by atomic mass is 35.5. The number of rotatable bonds is 9. The molecule has 3 unspecified atom stereocenters. The molecule has 1 aliphatic heterocycles. The quantitative estimate of drug-likeness (QED) is 0.486. The van der Waals surface area contributed by atoms with Gasteiger partial charge in [0, 0.05) is 12.3 Å². The third-order valence-corrected chi connectivity index (χ3v) is 5.14. The number of piperidine rings is 1. The van der Waals surface area contributed by atoms with Crippen molar-refractivity contribution in [1.82, 2.24) is 0 Å². The number of halogens is 1. The number of carbonyl (C=O) groups excluding carboxylic acids is 1. The number of likely N-dealkylation sites (tertiary alicyclic amines) is 1. The third kappa shape index (κ3) is 7.55. The van der Waals surface area contributed by atoms with E-state index in [-0.39, 0.29) is 18.4 Å². The van der Waals surface area contributed by atoms with E-state index in [1.165, 1.54) is 25.9 Å². The molecule has 0 bridgehead atoms. The number of esters is 1. The second-order valence-corrected chi connectivity index (χ2v) is 7.41. The first kappa shape index (κ1) is 22.8. The van der Waals surface area contributed by atoms with E-state index in [1.807, 2.05) is 12.1 Å². The fourth-order valence-electron chi connectivity index (χ4n) is 3.41. The monoisotopic (exact) mass is 383 g/mol. The minimum absolute atomic E-state index is 0. The van der Waals surface area contributed by atoms with Gasteiger partial charge in [0.1, 0.15) is 5.75 Å². The van der Waals surface area contributed by atoms with E-state index >= 15 is 0 Å². The number of quaternary nitrogens is 1. The van der Waals surface area contributed by atoms with Crippen molar-refractivity contribution in [3.63, 3.8) is 0 Å².